The van der Waals surface area contributed by atoms with E-state index in [0.717, 1.165) is 17.4 Å². The SMILES string of the molecule is C=CCN(CCNC(=O)C1CNCC2C(=O)OC(c3ccccc3)(c3ccccc3)N12)S(C)(=O)=O. The van der Waals surface area contributed by atoms with Gasteiger partial charge in [0.1, 0.15) is 12.1 Å². The Morgan fingerprint density at radius 3 is 2.31 bits per heavy atom. The maximum atomic E-state index is 13.4. The van der Waals surface area contributed by atoms with E-state index in [1.807, 2.05) is 65.6 Å². The molecule has 0 saturated carbocycles. The van der Waals surface area contributed by atoms with Crippen LogP contribution in [0.15, 0.2) is 73.3 Å². The highest BCUT2D eigenvalue weighted by Gasteiger charge is 2.60. The molecule has 2 aliphatic heterocycles. The molecule has 2 saturated heterocycles. The summed E-state index contributed by atoms with van der Waals surface area (Å²) in [5.41, 5.74) is 0.225. The maximum Gasteiger partial charge on any atom is 0.327 e. The van der Waals surface area contributed by atoms with Crippen LogP contribution in [0.2, 0.25) is 0 Å². The monoisotopic (exact) mass is 498 g/mol. The van der Waals surface area contributed by atoms with Crippen LogP contribution in [-0.4, -0.2) is 80.6 Å². The molecule has 186 valence electrons. The van der Waals surface area contributed by atoms with Crippen LogP contribution in [0.4, 0.5) is 0 Å². The molecular formula is C25H30N4O5S. The first-order valence-corrected chi connectivity index (χ1v) is 13.3. The Balaban J connectivity index is 1.65. The molecule has 2 aromatic carbocycles. The molecule has 2 aliphatic rings. The first-order valence-electron chi connectivity index (χ1n) is 11.5. The van der Waals surface area contributed by atoms with E-state index in [4.69, 9.17) is 4.74 Å². The normalized spacial score (nSPS) is 21.8. The van der Waals surface area contributed by atoms with Crippen molar-refractivity contribution >= 4 is 21.9 Å². The lowest BCUT2D eigenvalue weighted by atomic mass is 9.90. The van der Waals surface area contributed by atoms with E-state index in [-0.39, 0.29) is 25.5 Å². The van der Waals surface area contributed by atoms with Crippen molar-refractivity contribution in [1.82, 2.24) is 19.8 Å². The van der Waals surface area contributed by atoms with Crippen molar-refractivity contribution in [1.29, 1.82) is 0 Å². The van der Waals surface area contributed by atoms with Gasteiger partial charge >= 0.3 is 5.97 Å². The smallest absolute Gasteiger partial charge is 0.327 e. The number of carbonyl (C=O) groups is 2. The quantitative estimate of drug-likeness (QED) is 0.386. The first kappa shape index (κ1) is 25.1. The molecule has 1 amide bonds. The number of ether oxygens (including phenoxy) is 1. The van der Waals surface area contributed by atoms with Gasteiger partial charge in [-0.25, -0.2) is 13.3 Å². The van der Waals surface area contributed by atoms with Crippen molar-refractivity contribution in [2.45, 2.75) is 17.8 Å². The van der Waals surface area contributed by atoms with E-state index >= 15 is 0 Å². The average molecular weight is 499 g/mol. The standard InChI is InChI=1S/C25H30N4O5S/c1-3-15-28(35(2,32)33)16-14-27-23(30)21-17-26-18-22-24(31)34-25(29(21)22,19-10-6-4-7-11-19)20-12-8-5-9-13-20/h3-13,21-22,26H,1,14-18H2,2H3,(H,27,30). The lowest BCUT2D eigenvalue weighted by Crippen LogP contribution is -2.66. The Kier molecular flexibility index (Phi) is 7.36. The minimum Gasteiger partial charge on any atom is -0.434 e. The number of sulfonamides is 1. The molecular weight excluding hydrogens is 468 g/mol. The van der Waals surface area contributed by atoms with Crippen molar-refractivity contribution < 1.29 is 22.7 Å². The summed E-state index contributed by atoms with van der Waals surface area (Å²) in [6.45, 7) is 4.64. The van der Waals surface area contributed by atoms with E-state index in [0.29, 0.717) is 13.1 Å². The van der Waals surface area contributed by atoms with Crippen molar-refractivity contribution in [2.24, 2.45) is 0 Å². The zero-order valence-corrected chi connectivity index (χ0v) is 20.4. The highest BCUT2D eigenvalue weighted by Crippen LogP contribution is 2.45. The number of amides is 1. The Morgan fingerprint density at radius 1 is 1.17 bits per heavy atom. The summed E-state index contributed by atoms with van der Waals surface area (Å²) in [5, 5.41) is 6.03. The molecule has 0 aromatic heterocycles. The third-order valence-corrected chi connectivity index (χ3v) is 7.60. The fraction of sp³-hybridized carbons (Fsp3) is 0.360. The molecule has 10 heteroatoms. The molecule has 0 radical (unpaired) electrons. The highest BCUT2D eigenvalue weighted by molar-refractivity contribution is 7.88. The van der Waals surface area contributed by atoms with Crippen molar-refractivity contribution in [3.8, 4) is 0 Å². The summed E-state index contributed by atoms with van der Waals surface area (Å²) in [6, 6.07) is 17.4. The highest BCUT2D eigenvalue weighted by atomic mass is 32.2. The van der Waals surface area contributed by atoms with E-state index in [9.17, 15) is 18.0 Å². The second-order valence-corrected chi connectivity index (χ2v) is 10.6. The van der Waals surface area contributed by atoms with Crippen LogP contribution in [-0.2, 0) is 30.1 Å². The van der Waals surface area contributed by atoms with Gasteiger partial charge < -0.3 is 15.4 Å². The van der Waals surface area contributed by atoms with E-state index in [2.05, 4.69) is 17.2 Å². The molecule has 35 heavy (non-hydrogen) atoms. The zero-order chi connectivity index (χ0) is 25.1. The lowest BCUT2D eigenvalue weighted by molar-refractivity contribution is -0.153. The summed E-state index contributed by atoms with van der Waals surface area (Å²) in [6.07, 6.45) is 2.62. The second-order valence-electron chi connectivity index (χ2n) is 8.59. The van der Waals surface area contributed by atoms with Gasteiger partial charge in [0, 0.05) is 43.9 Å². The molecule has 9 nitrogen and oxygen atoms in total. The summed E-state index contributed by atoms with van der Waals surface area (Å²) < 4.78 is 31.3. The number of piperazine rings is 1. The summed E-state index contributed by atoms with van der Waals surface area (Å²) in [5.74, 6) is -0.722. The van der Waals surface area contributed by atoms with Crippen LogP contribution in [0.25, 0.3) is 0 Å². The molecule has 2 fully saturated rings. The Bertz CT molecular complexity index is 1130. The summed E-state index contributed by atoms with van der Waals surface area (Å²) in [4.78, 5) is 28.4. The van der Waals surface area contributed by atoms with Crippen molar-refractivity contribution in [3.05, 3.63) is 84.4 Å². The predicted molar refractivity (Wildman–Crippen MR) is 132 cm³/mol. The van der Waals surface area contributed by atoms with Gasteiger partial charge in [0.05, 0.1) is 6.26 Å². The number of cyclic esters (lactones) is 1. The lowest BCUT2D eigenvalue weighted by Gasteiger charge is -2.44. The number of benzene rings is 2. The van der Waals surface area contributed by atoms with Gasteiger partial charge in [0.25, 0.3) is 0 Å². The third-order valence-electron chi connectivity index (χ3n) is 6.33. The molecule has 2 N–H and O–H groups in total. The van der Waals surface area contributed by atoms with Gasteiger partial charge in [0.15, 0.2) is 0 Å². The van der Waals surface area contributed by atoms with Gasteiger partial charge in [-0.2, -0.15) is 4.31 Å². The summed E-state index contributed by atoms with van der Waals surface area (Å²) in [7, 11) is -3.44. The third kappa shape index (κ3) is 4.87. The topological polar surface area (TPSA) is 108 Å². The van der Waals surface area contributed by atoms with Crippen LogP contribution >= 0.6 is 0 Å². The van der Waals surface area contributed by atoms with Gasteiger partial charge in [-0.15, -0.1) is 6.58 Å². The van der Waals surface area contributed by atoms with Gasteiger partial charge in [-0.3, -0.25) is 9.59 Å². The molecule has 4 rings (SSSR count). The van der Waals surface area contributed by atoms with Gasteiger partial charge in [0.2, 0.25) is 21.7 Å². The molecule has 2 heterocycles. The number of carbonyl (C=O) groups excluding carboxylic acids is 2. The number of hydrogen-bond donors (Lipinski definition) is 2. The van der Waals surface area contributed by atoms with Crippen molar-refractivity contribution in [3.63, 3.8) is 0 Å². The molecule has 2 aromatic rings. The van der Waals surface area contributed by atoms with E-state index < -0.39 is 33.8 Å². The van der Waals surface area contributed by atoms with Crippen molar-refractivity contribution in [2.75, 3.05) is 39.0 Å². The van der Waals surface area contributed by atoms with Gasteiger partial charge in [-0.1, -0.05) is 66.7 Å². The van der Waals surface area contributed by atoms with E-state index in [1.54, 1.807) is 0 Å². The number of nitrogens with one attached hydrogen (secondary N) is 2. The Labute approximate surface area is 205 Å². The maximum absolute atomic E-state index is 13.4. The Morgan fingerprint density at radius 2 is 1.77 bits per heavy atom. The first-order chi connectivity index (χ1) is 16.8. The van der Waals surface area contributed by atoms with Crippen LogP contribution in [0.1, 0.15) is 11.1 Å². The van der Waals surface area contributed by atoms with Crippen LogP contribution in [0, 0.1) is 0 Å². The fourth-order valence-electron chi connectivity index (χ4n) is 4.76. The molecule has 0 bridgehead atoms. The van der Waals surface area contributed by atoms with E-state index in [1.165, 1.54) is 10.4 Å². The summed E-state index contributed by atoms with van der Waals surface area (Å²) >= 11 is 0. The minimum atomic E-state index is -3.44. The molecule has 0 aliphatic carbocycles. The second kappa shape index (κ2) is 10.3. The fourth-order valence-corrected chi connectivity index (χ4v) is 5.56. The predicted octanol–water partition coefficient (Wildman–Crippen LogP) is 0.651. The number of nitrogens with zero attached hydrogens (tertiary/aromatic N) is 2. The van der Waals surface area contributed by atoms with Crippen LogP contribution in [0.3, 0.4) is 0 Å². The van der Waals surface area contributed by atoms with Crippen LogP contribution in [0.5, 0.6) is 0 Å². The minimum absolute atomic E-state index is 0.109. The number of rotatable bonds is 9. The number of fused-ring (bicyclic) bond motifs is 1. The molecule has 0 spiro atoms. The number of esters is 1. The zero-order valence-electron chi connectivity index (χ0n) is 19.6. The largest absolute Gasteiger partial charge is 0.434 e. The molecule has 2 unspecified atom stereocenters. The Hall–Kier alpha value is -3.05. The number of hydrogen-bond acceptors (Lipinski definition) is 7. The van der Waals surface area contributed by atoms with Gasteiger partial charge in [-0.05, 0) is 0 Å². The molecule has 2 atom stereocenters. The average Bonchev–Trinajstić information content (AvgIpc) is 3.17. The van der Waals surface area contributed by atoms with Crippen LogP contribution < -0.4 is 10.6 Å².